The monoisotopic (exact) mass is 365 g/mol. The van der Waals surface area contributed by atoms with Crippen molar-refractivity contribution in [2.75, 3.05) is 10.0 Å². The molecular formula is C17H20ClN3O2S. The van der Waals surface area contributed by atoms with Crippen molar-refractivity contribution in [3.05, 3.63) is 47.6 Å². The lowest BCUT2D eigenvalue weighted by Crippen LogP contribution is -2.22. The Morgan fingerprint density at radius 3 is 2.54 bits per heavy atom. The van der Waals surface area contributed by atoms with Crippen LogP contribution in [0, 0.1) is 0 Å². The van der Waals surface area contributed by atoms with Crippen molar-refractivity contribution in [2.45, 2.75) is 43.0 Å². The normalized spacial score (nSPS) is 15.9. The average molecular weight is 366 g/mol. The van der Waals surface area contributed by atoms with Crippen molar-refractivity contribution in [1.29, 1.82) is 0 Å². The Kier molecular flexibility index (Phi) is 5.26. The van der Waals surface area contributed by atoms with Gasteiger partial charge in [-0.15, -0.1) is 0 Å². The third kappa shape index (κ3) is 4.39. The number of nitrogens with one attached hydrogen (secondary N) is 2. The van der Waals surface area contributed by atoms with E-state index < -0.39 is 10.0 Å². The van der Waals surface area contributed by atoms with Crippen molar-refractivity contribution >= 4 is 33.1 Å². The summed E-state index contributed by atoms with van der Waals surface area (Å²) >= 11 is 5.85. The molecule has 0 aliphatic heterocycles. The van der Waals surface area contributed by atoms with Gasteiger partial charge in [-0.25, -0.2) is 13.4 Å². The van der Waals surface area contributed by atoms with Crippen LogP contribution in [-0.2, 0) is 10.0 Å². The average Bonchev–Trinajstić information content (AvgIpc) is 2.57. The second-order valence-electron chi connectivity index (χ2n) is 5.97. The number of nitrogens with zero attached hydrogens (tertiary/aromatic N) is 1. The molecule has 128 valence electrons. The molecule has 0 saturated heterocycles. The minimum atomic E-state index is -3.69. The molecule has 1 fully saturated rings. The molecule has 0 bridgehead atoms. The lowest BCUT2D eigenvalue weighted by atomic mass is 9.95. The number of rotatable bonds is 5. The molecule has 0 radical (unpaired) electrons. The first kappa shape index (κ1) is 17.0. The van der Waals surface area contributed by atoms with Crippen LogP contribution in [0.2, 0.25) is 5.02 Å². The van der Waals surface area contributed by atoms with E-state index in [1.165, 1.54) is 44.2 Å². The van der Waals surface area contributed by atoms with Gasteiger partial charge in [-0.3, -0.25) is 4.72 Å². The van der Waals surface area contributed by atoms with Crippen LogP contribution in [-0.4, -0.2) is 19.4 Å². The standard InChI is InChI=1S/C17H20ClN3O2S/c18-13-5-4-8-16(11-13)24(22,23)21-17-10-9-15(12-19-17)20-14-6-2-1-3-7-14/h4-5,8-12,14,20H,1-3,6-7H2,(H,19,21). The number of hydrogen-bond acceptors (Lipinski definition) is 4. The molecule has 7 heteroatoms. The number of halogens is 1. The molecule has 1 aliphatic rings. The largest absolute Gasteiger partial charge is 0.381 e. The van der Waals surface area contributed by atoms with E-state index in [9.17, 15) is 8.42 Å². The van der Waals surface area contributed by atoms with E-state index in [1.807, 2.05) is 6.07 Å². The first-order valence-corrected chi connectivity index (χ1v) is 9.90. The summed E-state index contributed by atoms with van der Waals surface area (Å²) in [5.74, 6) is 0.282. The first-order valence-electron chi connectivity index (χ1n) is 8.04. The molecule has 2 aromatic rings. The number of benzene rings is 1. The molecule has 1 aromatic heterocycles. The van der Waals surface area contributed by atoms with Gasteiger partial charge in [0, 0.05) is 11.1 Å². The predicted molar refractivity (Wildman–Crippen MR) is 97.0 cm³/mol. The van der Waals surface area contributed by atoms with Crippen LogP contribution < -0.4 is 10.0 Å². The molecule has 5 nitrogen and oxygen atoms in total. The molecule has 2 N–H and O–H groups in total. The van der Waals surface area contributed by atoms with Crippen molar-refractivity contribution in [3.8, 4) is 0 Å². The molecule has 1 heterocycles. The van der Waals surface area contributed by atoms with E-state index >= 15 is 0 Å². The lowest BCUT2D eigenvalue weighted by molar-refractivity contribution is 0.462. The van der Waals surface area contributed by atoms with Gasteiger partial charge in [-0.05, 0) is 43.2 Å². The van der Waals surface area contributed by atoms with Crippen molar-refractivity contribution in [3.63, 3.8) is 0 Å². The van der Waals surface area contributed by atoms with Crippen LogP contribution in [0.5, 0.6) is 0 Å². The zero-order valence-electron chi connectivity index (χ0n) is 13.2. The summed E-state index contributed by atoms with van der Waals surface area (Å²) in [6.45, 7) is 0. The fourth-order valence-corrected chi connectivity index (χ4v) is 4.16. The molecule has 1 aliphatic carbocycles. The Balaban J connectivity index is 1.67. The molecule has 0 unspecified atom stereocenters. The highest BCUT2D eigenvalue weighted by Crippen LogP contribution is 2.22. The molecule has 1 aromatic carbocycles. The van der Waals surface area contributed by atoms with E-state index in [2.05, 4.69) is 15.0 Å². The fraction of sp³-hybridized carbons (Fsp3) is 0.353. The maximum Gasteiger partial charge on any atom is 0.263 e. The van der Waals surface area contributed by atoms with Crippen LogP contribution in [0.3, 0.4) is 0 Å². The summed E-state index contributed by atoms with van der Waals surface area (Å²) in [6, 6.07) is 10.1. The van der Waals surface area contributed by atoms with E-state index in [1.54, 1.807) is 24.4 Å². The summed E-state index contributed by atoms with van der Waals surface area (Å²) in [7, 11) is -3.69. The number of hydrogen-bond donors (Lipinski definition) is 2. The quantitative estimate of drug-likeness (QED) is 0.829. The van der Waals surface area contributed by atoms with Crippen LogP contribution in [0.15, 0.2) is 47.5 Å². The highest BCUT2D eigenvalue weighted by molar-refractivity contribution is 7.92. The van der Waals surface area contributed by atoms with Crippen LogP contribution >= 0.6 is 11.6 Å². The molecule has 0 amide bonds. The second-order valence-corrected chi connectivity index (χ2v) is 8.09. The van der Waals surface area contributed by atoms with Gasteiger partial charge in [0.25, 0.3) is 10.0 Å². The second kappa shape index (κ2) is 7.40. The zero-order valence-corrected chi connectivity index (χ0v) is 14.8. The van der Waals surface area contributed by atoms with Gasteiger partial charge < -0.3 is 5.32 Å². The molecule has 0 atom stereocenters. The Morgan fingerprint density at radius 1 is 1.08 bits per heavy atom. The fourth-order valence-electron chi connectivity index (χ4n) is 2.85. The molecule has 3 rings (SSSR count). The third-order valence-corrected chi connectivity index (χ3v) is 5.67. The lowest BCUT2D eigenvalue weighted by Gasteiger charge is -2.23. The molecule has 1 saturated carbocycles. The Morgan fingerprint density at radius 2 is 1.88 bits per heavy atom. The number of sulfonamides is 1. The maximum atomic E-state index is 12.3. The number of aromatic nitrogens is 1. The Bertz CT molecular complexity index is 788. The van der Waals surface area contributed by atoms with Gasteiger partial charge in [0.05, 0.1) is 16.8 Å². The minimum Gasteiger partial charge on any atom is -0.381 e. The molecule has 24 heavy (non-hydrogen) atoms. The van der Waals surface area contributed by atoms with E-state index in [-0.39, 0.29) is 10.7 Å². The highest BCUT2D eigenvalue weighted by Gasteiger charge is 2.16. The molecule has 0 spiro atoms. The van der Waals surface area contributed by atoms with Crippen LogP contribution in [0.1, 0.15) is 32.1 Å². The van der Waals surface area contributed by atoms with E-state index in [0.29, 0.717) is 11.1 Å². The van der Waals surface area contributed by atoms with Gasteiger partial charge in [0.15, 0.2) is 0 Å². The van der Waals surface area contributed by atoms with Gasteiger partial charge in [0.2, 0.25) is 0 Å². The van der Waals surface area contributed by atoms with E-state index in [0.717, 1.165) is 5.69 Å². The maximum absolute atomic E-state index is 12.3. The van der Waals surface area contributed by atoms with Crippen molar-refractivity contribution < 1.29 is 8.42 Å². The van der Waals surface area contributed by atoms with Gasteiger partial charge >= 0.3 is 0 Å². The first-order chi connectivity index (χ1) is 11.5. The van der Waals surface area contributed by atoms with Gasteiger partial charge in [0.1, 0.15) is 5.82 Å². The predicted octanol–water partition coefficient (Wildman–Crippen LogP) is 4.28. The summed E-state index contributed by atoms with van der Waals surface area (Å²) in [6.07, 6.45) is 7.81. The SMILES string of the molecule is O=S(=O)(Nc1ccc(NC2CCCCC2)cn1)c1cccc(Cl)c1. The van der Waals surface area contributed by atoms with Gasteiger partial charge in [-0.2, -0.15) is 0 Å². The summed E-state index contributed by atoms with van der Waals surface area (Å²) < 4.78 is 27.1. The number of pyridine rings is 1. The van der Waals surface area contributed by atoms with Gasteiger partial charge in [-0.1, -0.05) is 36.9 Å². The Hall–Kier alpha value is -1.79. The summed E-state index contributed by atoms with van der Waals surface area (Å²) in [5.41, 5.74) is 0.910. The number of anilines is 2. The molecular weight excluding hydrogens is 346 g/mol. The highest BCUT2D eigenvalue weighted by atomic mass is 35.5. The van der Waals surface area contributed by atoms with Crippen LogP contribution in [0.25, 0.3) is 0 Å². The zero-order chi connectivity index (χ0) is 17.0. The smallest absolute Gasteiger partial charge is 0.263 e. The summed E-state index contributed by atoms with van der Waals surface area (Å²) in [5, 5.41) is 3.83. The van der Waals surface area contributed by atoms with Crippen molar-refractivity contribution in [1.82, 2.24) is 4.98 Å². The van der Waals surface area contributed by atoms with Crippen LogP contribution in [0.4, 0.5) is 11.5 Å². The topological polar surface area (TPSA) is 71.1 Å². The van der Waals surface area contributed by atoms with Crippen molar-refractivity contribution in [2.24, 2.45) is 0 Å². The summed E-state index contributed by atoms with van der Waals surface area (Å²) in [4.78, 5) is 4.30. The van der Waals surface area contributed by atoms with E-state index in [4.69, 9.17) is 11.6 Å². The third-order valence-electron chi connectivity index (χ3n) is 4.08. The minimum absolute atomic E-state index is 0.112. The Labute approximate surface area is 147 Å².